The van der Waals surface area contributed by atoms with Gasteiger partial charge in [0.05, 0.1) is 0 Å². The van der Waals surface area contributed by atoms with Gasteiger partial charge in [-0.1, -0.05) is 13.3 Å². The minimum atomic E-state index is 0. The van der Waals surface area contributed by atoms with Crippen LogP contribution >= 0.6 is 0 Å². The van der Waals surface area contributed by atoms with Crippen molar-refractivity contribution in [3.63, 3.8) is 0 Å². The summed E-state index contributed by atoms with van der Waals surface area (Å²) in [5.41, 5.74) is 2.48. The zero-order chi connectivity index (χ0) is 12.0. The van der Waals surface area contributed by atoms with Crippen LogP contribution in [0.15, 0.2) is 29.9 Å². The largest absolute Gasteiger partial charge is 0.307 e. The summed E-state index contributed by atoms with van der Waals surface area (Å²) in [6.07, 6.45) is 8.12. The Hall–Kier alpha value is -1.25. The second-order valence-corrected chi connectivity index (χ2v) is 1.89. The summed E-state index contributed by atoms with van der Waals surface area (Å²) in [5, 5.41) is 0. The fourth-order valence-corrected chi connectivity index (χ4v) is 0.797. The molecule has 0 aromatic carbocycles. The van der Waals surface area contributed by atoms with Gasteiger partial charge in [-0.15, -0.1) is 6.08 Å². The van der Waals surface area contributed by atoms with Crippen molar-refractivity contribution in [2.75, 3.05) is 0 Å². The fourth-order valence-electron chi connectivity index (χ4n) is 0.797. The van der Waals surface area contributed by atoms with E-state index in [9.17, 15) is 0 Å². The number of carbonyl (C=O) groups excluding carboxylic acids is 3. The van der Waals surface area contributed by atoms with E-state index in [0.29, 0.717) is 0 Å². The minimum absolute atomic E-state index is 0. The van der Waals surface area contributed by atoms with Gasteiger partial charge in [-0.25, -0.2) is 0 Å². The predicted octanol–water partition coefficient (Wildman–Crippen LogP) is 1.69. The van der Waals surface area contributed by atoms with Crippen molar-refractivity contribution >= 4 is 20.4 Å². The van der Waals surface area contributed by atoms with Crippen LogP contribution in [0.25, 0.3) is 0 Å². The van der Waals surface area contributed by atoms with Crippen LogP contribution in [-0.4, -0.2) is 20.4 Å². The van der Waals surface area contributed by atoms with E-state index >= 15 is 0 Å². The molecule has 0 saturated carbocycles. The molecule has 0 heterocycles. The maximum Gasteiger partial charge on any atom is 0.106 e. The van der Waals surface area contributed by atoms with Crippen molar-refractivity contribution in [1.29, 1.82) is 0 Å². The van der Waals surface area contributed by atoms with E-state index in [1.54, 1.807) is 0 Å². The van der Waals surface area contributed by atoms with E-state index in [-0.39, 0.29) is 17.1 Å². The molecule has 15 heavy (non-hydrogen) atoms. The zero-order valence-corrected chi connectivity index (χ0v) is 9.97. The van der Waals surface area contributed by atoms with Crippen LogP contribution in [0.2, 0.25) is 0 Å². The van der Waals surface area contributed by atoms with Crippen molar-refractivity contribution in [2.24, 2.45) is 0 Å². The van der Waals surface area contributed by atoms with E-state index in [1.807, 2.05) is 26.4 Å². The second-order valence-electron chi connectivity index (χ2n) is 1.89. The topological polar surface area (TPSA) is 51.2 Å². The molecule has 0 spiro atoms. The quantitative estimate of drug-likeness (QED) is 0.525. The van der Waals surface area contributed by atoms with Gasteiger partial charge in [0.1, 0.15) is 20.4 Å². The molecule has 3 nitrogen and oxygen atoms in total. The third-order valence-corrected chi connectivity index (χ3v) is 1.33. The fraction of sp³-hybridized carbons (Fsp3) is 0.182. The first-order valence-electron chi connectivity index (χ1n) is 3.61. The summed E-state index contributed by atoms with van der Waals surface area (Å²) in [6.45, 7) is 11.7. The minimum Gasteiger partial charge on any atom is -0.307 e. The molecule has 0 fully saturated rings. The second kappa shape index (κ2) is 23.0. The third kappa shape index (κ3) is 12.7. The molecule has 1 radical (unpaired) electrons. The van der Waals surface area contributed by atoms with Crippen molar-refractivity contribution < 1.29 is 31.5 Å². The monoisotopic (exact) mass is 250 g/mol. The van der Waals surface area contributed by atoms with Crippen LogP contribution in [0.4, 0.5) is 0 Å². The maximum absolute atomic E-state index is 8.00. The number of allylic oxidation sites excluding steroid dienone is 5. The molecule has 1 aliphatic rings. The molecule has 0 atom stereocenters. The van der Waals surface area contributed by atoms with E-state index < -0.39 is 0 Å². The van der Waals surface area contributed by atoms with Crippen LogP contribution < -0.4 is 0 Å². The van der Waals surface area contributed by atoms with Crippen molar-refractivity contribution in [3.8, 4) is 0 Å². The van der Waals surface area contributed by atoms with E-state index in [4.69, 9.17) is 14.4 Å². The molecule has 1 rings (SSSR count). The van der Waals surface area contributed by atoms with Crippen LogP contribution in [-0.2, 0) is 31.5 Å². The number of rotatable bonds is 1. The molecular weight excluding hydrogens is 235 g/mol. The molecule has 0 aromatic rings. The first kappa shape index (κ1) is 23.5. The van der Waals surface area contributed by atoms with Crippen molar-refractivity contribution in [2.45, 2.75) is 13.3 Å². The molecule has 0 N–H and O–H groups in total. The van der Waals surface area contributed by atoms with Gasteiger partial charge in [-0.3, -0.25) is 0 Å². The molecule has 0 aliphatic heterocycles. The van der Waals surface area contributed by atoms with Gasteiger partial charge in [-0.2, -0.15) is 29.9 Å². The Morgan fingerprint density at radius 1 is 1.20 bits per heavy atom. The summed E-state index contributed by atoms with van der Waals surface area (Å²) in [5.74, 6) is 0. The number of hydrogen-bond donors (Lipinski definition) is 0. The summed E-state index contributed by atoms with van der Waals surface area (Å²) in [7, 11) is 0. The average molecular weight is 250 g/mol. The molecule has 0 unspecified atom stereocenters. The SMILES string of the molecule is C=CC1=[C-]CC=C1C.C=O.C=O.C=O.[Mn]. The van der Waals surface area contributed by atoms with E-state index in [2.05, 4.69) is 25.7 Å². The van der Waals surface area contributed by atoms with E-state index in [0.717, 1.165) is 6.42 Å². The standard InChI is InChI=1S/C8H9.3CH2O.Mn/c1-3-8-6-4-5-7(8)2;3*1-2;/h3,5H,1,4H2,2H3;3*1H2;/q-1;;;;. The summed E-state index contributed by atoms with van der Waals surface area (Å²) < 4.78 is 0. The van der Waals surface area contributed by atoms with Gasteiger partial charge < -0.3 is 14.4 Å². The Balaban J connectivity index is -0.0000000755. The molecule has 0 bridgehead atoms. The van der Waals surface area contributed by atoms with Gasteiger partial charge in [0.2, 0.25) is 0 Å². The predicted molar refractivity (Wildman–Crippen MR) is 56.7 cm³/mol. The third-order valence-electron chi connectivity index (χ3n) is 1.33. The normalized spacial score (nSPS) is 10.2. The van der Waals surface area contributed by atoms with Gasteiger partial charge in [-0.05, 0) is 0 Å². The average Bonchev–Trinajstić information content (AvgIpc) is 2.72. The molecular formula is C11H15MnO3-. The van der Waals surface area contributed by atoms with Crippen molar-refractivity contribution in [1.82, 2.24) is 0 Å². The van der Waals surface area contributed by atoms with Crippen LogP contribution in [0.3, 0.4) is 0 Å². The molecule has 0 aromatic heterocycles. The van der Waals surface area contributed by atoms with Gasteiger partial charge in [0.15, 0.2) is 0 Å². The van der Waals surface area contributed by atoms with Crippen LogP contribution in [0.1, 0.15) is 13.3 Å². The first-order chi connectivity index (χ1) is 6.84. The smallest absolute Gasteiger partial charge is 0.106 e. The Morgan fingerprint density at radius 2 is 1.60 bits per heavy atom. The number of hydrogen-bond acceptors (Lipinski definition) is 3. The summed E-state index contributed by atoms with van der Waals surface area (Å²) in [4.78, 5) is 24.0. The summed E-state index contributed by atoms with van der Waals surface area (Å²) >= 11 is 0. The summed E-state index contributed by atoms with van der Waals surface area (Å²) in [6, 6.07) is 0. The van der Waals surface area contributed by atoms with Gasteiger partial charge in [0.25, 0.3) is 0 Å². The Morgan fingerprint density at radius 3 is 1.73 bits per heavy atom. The number of carbonyl (C=O) groups is 3. The van der Waals surface area contributed by atoms with Crippen LogP contribution in [0.5, 0.6) is 0 Å². The van der Waals surface area contributed by atoms with Crippen molar-refractivity contribution in [3.05, 3.63) is 36.0 Å². The Bertz CT molecular complexity index is 205. The molecule has 0 saturated heterocycles. The maximum atomic E-state index is 8.00. The molecule has 4 heteroatoms. The Kier molecular flexibility index (Phi) is 36.0. The Labute approximate surface area is 101 Å². The zero-order valence-electron chi connectivity index (χ0n) is 8.79. The first-order valence-corrected chi connectivity index (χ1v) is 3.61. The van der Waals surface area contributed by atoms with Gasteiger partial charge >= 0.3 is 0 Å². The molecule has 0 amide bonds. The molecule has 85 valence electrons. The molecule has 1 aliphatic carbocycles. The van der Waals surface area contributed by atoms with E-state index in [1.165, 1.54) is 11.1 Å². The van der Waals surface area contributed by atoms with Crippen LogP contribution in [0, 0.1) is 6.08 Å². The van der Waals surface area contributed by atoms with Gasteiger partial charge in [0, 0.05) is 17.1 Å².